The van der Waals surface area contributed by atoms with Gasteiger partial charge in [-0.2, -0.15) is 0 Å². The van der Waals surface area contributed by atoms with Crippen molar-refractivity contribution in [1.29, 1.82) is 0 Å². The number of amides is 2. The lowest BCUT2D eigenvalue weighted by Gasteiger charge is -2.31. The molecule has 0 saturated carbocycles. The molecule has 6 nitrogen and oxygen atoms in total. The van der Waals surface area contributed by atoms with Crippen LogP contribution in [0.2, 0.25) is 0 Å². The lowest BCUT2D eigenvalue weighted by molar-refractivity contribution is 0.0860. The van der Waals surface area contributed by atoms with Crippen LogP contribution in [-0.2, 0) is 4.74 Å². The van der Waals surface area contributed by atoms with Crippen molar-refractivity contribution in [1.82, 2.24) is 15.2 Å². The highest BCUT2D eigenvalue weighted by molar-refractivity contribution is 5.94. The molecule has 1 aromatic rings. The molecular weight excluding hydrogens is 330 g/mol. The van der Waals surface area contributed by atoms with E-state index in [0.29, 0.717) is 38.1 Å². The van der Waals surface area contributed by atoms with Crippen LogP contribution in [0.4, 0.5) is 4.79 Å². The van der Waals surface area contributed by atoms with Crippen LogP contribution >= 0.6 is 0 Å². The van der Waals surface area contributed by atoms with Gasteiger partial charge in [0.15, 0.2) is 0 Å². The number of rotatable bonds is 5. The molecule has 26 heavy (non-hydrogen) atoms. The lowest BCUT2D eigenvalue weighted by atomic mass is 10.0. The Labute approximate surface area is 155 Å². The van der Waals surface area contributed by atoms with Crippen molar-refractivity contribution >= 4 is 12.0 Å². The van der Waals surface area contributed by atoms with Gasteiger partial charge in [-0.3, -0.25) is 9.78 Å². The predicted molar refractivity (Wildman–Crippen MR) is 99.7 cm³/mol. The normalized spacial score (nSPS) is 14.3. The number of ether oxygens (including phenoxy) is 1. The number of aromatic nitrogens is 1. The molecule has 2 amide bonds. The number of hydrogen-bond acceptors (Lipinski definition) is 4. The molecule has 0 atom stereocenters. The fourth-order valence-corrected chi connectivity index (χ4v) is 2.75. The zero-order valence-electron chi connectivity index (χ0n) is 15.6. The third-order valence-corrected chi connectivity index (χ3v) is 4.24. The molecule has 2 heterocycles. The fourth-order valence-electron chi connectivity index (χ4n) is 2.75. The molecule has 0 spiro atoms. The molecule has 1 saturated heterocycles. The van der Waals surface area contributed by atoms with Gasteiger partial charge < -0.3 is 15.0 Å². The van der Waals surface area contributed by atoms with Crippen LogP contribution in [0.1, 0.15) is 61.9 Å². The number of hydrogen-bond donors (Lipinski definition) is 1. The number of nitrogens with one attached hydrogen (secondary N) is 1. The Morgan fingerprint density at radius 3 is 2.77 bits per heavy atom. The summed E-state index contributed by atoms with van der Waals surface area (Å²) >= 11 is 0. The molecule has 1 N–H and O–H groups in total. The van der Waals surface area contributed by atoms with Crippen LogP contribution < -0.4 is 5.32 Å². The average molecular weight is 357 g/mol. The number of nitrogens with zero attached hydrogens (tertiary/aromatic N) is 2. The van der Waals surface area contributed by atoms with Crippen molar-refractivity contribution < 1.29 is 14.3 Å². The highest BCUT2D eigenvalue weighted by Crippen LogP contribution is 2.12. The Balaban J connectivity index is 1.86. The second-order valence-electron chi connectivity index (χ2n) is 6.30. The Morgan fingerprint density at radius 1 is 1.31 bits per heavy atom. The molecular formula is C20H27N3O3. The van der Waals surface area contributed by atoms with Crippen molar-refractivity contribution in [3.63, 3.8) is 0 Å². The minimum Gasteiger partial charge on any atom is -0.450 e. The van der Waals surface area contributed by atoms with Crippen LogP contribution in [0.15, 0.2) is 18.5 Å². The summed E-state index contributed by atoms with van der Waals surface area (Å²) in [6.45, 7) is 5.47. The molecule has 1 aliphatic rings. The van der Waals surface area contributed by atoms with Gasteiger partial charge in [0, 0.05) is 43.5 Å². The zero-order chi connectivity index (χ0) is 18.8. The summed E-state index contributed by atoms with van der Waals surface area (Å²) in [6, 6.07) is 1.82. The topological polar surface area (TPSA) is 71.5 Å². The third-order valence-electron chi connectivity index (χ3n) is 4.24. The highest BCUT2D eigenvalue weighted by atomic mass is 16.6. The molecule has 0 unspecified atom stereocenters. The summed E-state index contributed by atoms with van der Waals surface area (Å²) in [5.74, 6) is 6.01. The summed E-state index contributed by atoms with van der Waals surface area (Å²) in [6.07, 6.45) is 7.42. The molecule has 6 heteroatoms. The Hall–Kier alpha value is -2.55. The van der Waals surface area contributed by atoms with E-state index in [1.165, 1.54) is 0 Å². The van der Waals surface area contributed by atoms with E-state index >= 15 is 0 Å². The maximum Gasteiger partial charge on any atom is 0.409 e. The second-order valence-corrected chi connectivity index (χ2v) is 6.30. The number of unbranched alkanes of at least 4 members (excludes halogenated alkanes) is 2. The summed E-state index contributed by atoms with van der Waals surface area (Å²) in [4.78, 5) is 30.0. The van der Waals surface area contributed by atoms with Crippen LogP contribution in [-0.4, -0.2) is 47.6 Å². The number of pyridine rings is 1. The Bertz CT molecular complexity index is 670. The maximum absolute atomic E-state index is 12.5. The molecule has 2 rings (SSSR count). The van der Waals surface area contributed by atoms with Gasteiger partial charge in [-0.25, -0.2) is 4.79 Å². The SMILES string of the molecule is CCCCC#Cc1cncc(C(=O)NC2CCN(C(=O)OCC)CC2)c1. The van der Waals surface area contributed by atoms with E-state index in [-0.39, 0.29) is 18.0 Å². The van der Waals surface area contributed by atoms with E-state index in [0.717, 1.165) is 24.8 Å². The van der Waals surface area contributed by atoms with Crippen LogP contribution in [0.5, 0.6) is 0 Å². The van der Waals surface area contributed by atoms with Gasteiger partial charge in [-0.05, 0) is 32.3 Å². The second kappa shape index (κ2) is 10.4. The van der Waals surface area contributed by atoms with E-state index in [1.807, 2.05) is 0 Å². The van der Waals surface area contributed by atoms with E-state index in [9.17, 15) is 9.59 Å². The molecule has 140 valence electrons. The van der Waals surface area contributed by atoms with E-state index in [4.69, 9.17) is 4.74 Å². The minimum absolute atomic E-state index is 0.0486. The van der Waals surface area contributed by atoms with Crippen molar-refractivity contribution in [2.24, 2.45) is 0 Å². The van der Waals surface area contributed by atoms with Crippen molar-refractivity contribution in [2.75, 3.05) is 19.7 Å². The Morgan fingerprint density at radius 2 is 2.08 bits per heavy atom. The molecule has 0 radical (unpaired) electrons. The number of piperidine rings is 1. The maximum atomic E-state index is 12.5. The van der Waals surface area contributed by atoms with Crippen LogP contribution in [0.3, 0.4) is 0 Å². The van der Waals surface area contributed by atoms with Gasteiger partial charge in [0.1, 0.15) is 0 Å². The lowest BCUT2D eigenvalue weighted by Crippen LogP contribution is -2.46. The smallest absolute Gasteiger partial charge is 0.409 e. The molecule has 1 fully saturated rings. The summed E-state index contributed by atoms with van der Waals surface area (Å²) in [5, 5.41) is 3.02. The van der Waals surface area contributed by atoms with Crippen LogP contribution in [0, 0.1) is 11.8 Å². The molecule has 1 aromatic heterocycles. The number of likely N-dealkylation sites (tertiary alicyclic amines) is 1. The first-order valence-corrected chi connectivity index (χ1v) is 9.30. The number of carbonyl (C=O) groups excluding carboxylic acids is 2. The Kier molecular flexibility index (Phi) is 7.94. The third kappa shape index (κ3) is 6.07. The average Bonchev–Trinajstić information content (AvgIpc) is 2.66. The molecule has 0 aliphatic carbocycles. The molecule has 1 aliphatic heterocycles. The summed E-state index contributed by atoms with van der Waals surface area (Å²) in [5.41, 5.74) is 1.27. The van der Waals surface area contributed by atoms with Gasteiger partial charge >= 0.3 is 6.09 Å². The highest BCUT2D eigenvalue weighted by Gasteiger charge is 2.24. The quantitative estimate of drug-likeness (QED) is 0.650. The summed E-state index contributed by atoms with van der Waals surface area (Å²) < 4.78 is 5.01. The minimum atomic E-state index is -0.282. The van der Waals surface area contributed by atoms with Crippen molar-refractivity contribution in [3.8, 4) is 11.8 Å². The van der Waals surface area contributed by atoms with Gasteiger partial charge in [0.2, 0.25) is 0 Å². The van der Waals surface area contributed by atoms with Gasteiger partial charge in [-0.15, -0.1) is 0 Å². The first-order valence-electron chi connectivity index (χ1n) is 9.30. The van der Waals surface area contributed by atoms with Gasteiger partial charge in [0.25, 0.3) is 5.91 Å². The van der Waals surface area contributed by atoms with E-state index < -0.39 is 0 Å². The number of carbonyl (C=O) groups is 2. The largest absolute Gasteiger partial charge is 0.450 e. The van der Waals surface area contributed by atoms with E-state index in [1.54, 1.807) is 30.3 Å². The first kappa shape index (κ1) is 19.8. The molecule has 0 aromatic carbocycles. The molecule has 0 bridgehead atoms. The zero-order valence-corrected chi connectivity index (χ0v) is 15.6. The summed E-state index contributed by atoms with van der Waals surface area (Å²) in [7, 11) is 0. The predicted octanol–water partition coefficient (Wildman–Crippen LogP) is 2.97. The standard InChI is InChI=1S/C20H27N3O3/c1-3-5-6-7-8-16-13-17(15-21-14-16)19(24)22-18-9-11-23(12-10-18)20(25)26-4-2/h13-15,18H,3-6,9-12H2,1-2H3,(H,22,24). The van der Waals surface area contributed by atoms with Crippen molar-refractivity contribution in [2.45, 2.75) is 52.0 Å². The fraction of sp³-hybridized carbons (Fsp3) is 0.550. The van der Waals surface area contributed by atoms with Crippen molar-refractivity contribution in [3.05, 3.63) is 29.6 Å². The van der Waals surface area contributed by atoms with E-state index in [2.05, 4.69) is 29.1 Å². The first-order chi connectivity index (χ1) is 12.6. The van der Waals surface area contributed by atoms with Gasteiger partial charge in [0.05, 0.1) is 12.2 Å². The van der Waals surface area contributed by atoms with Crippen LogP contribution in [0.25, 0.3) is 0 Å². The monoisotopic (exact) mass is 357 g/mol. The van der Waals surface area contributed by atoms with Gasteiger partial charge in [-0.1, -0.05) is 25.2 Å².